The van der Waals surface area contributed by atoms with E-state index in [-0.39, 0.29) is 5.78 Å². The highest BCUT2D eigenvalue weighted by Gasteiger charge is 2.34. The van der Waals surface area contributed by atoms with E-state index in [2.05, 4.69) is 9.97 Å². The molecule has 0 atom stereocenters. The molecule has 0 bridgehead atoms. The van der Waals surface area contributed by atoms with Crippen molar-refractivity contribution in [1.29, 1.82) is 0 Å². The van der Waals surface area contributed by atoms with Gasteiger partial charge in [-0.25, -0.2) is 9.97 Å². The van der Waals surface area contributed by atoms with E-state index >= 15 is 0 Å². The fourth-order valence-corrected chi connectivity index (χ4v) is 2.48. The van der Waals surface area contributed by atoms with Gasteiger partial charge in [0.15, 0.2) is 10.9 Å². The first-order valence-electron chi connectivity index (χ1n) is 5.27. The van der Waals surface area contributed by atoms with Crippen LogP contribution in [0.15, 0.2) is 5.16 Å². The molecule has 1 saturated carbocycles. The van der Waals surface area contributed by atoms with Crippen molar-refractivity contribution < 1.29 is 4.79 Å². The predicted molar refractivity (Wildman–Crippen MR) is 58.4 cm³/mol. The van der Waals surface area contributed by atoms with E-state index in [9.17, 15) is 4.79 Å². The molecule has 0 saturated heterocycles. The standard InChI is InChI=1S/C11H12N2OS/c1-15-11-12-7-4-5-8(14)9(7)10(13-11)6-2-3-6/h6H,2-5H2,1H3. The molecule has 1 fully saturated rings. The van der Waals surface area contributed by atoms with Crippen LogP contribution in [0.1, 0.15) is 46.9 Å². The highest BCUT2D eigenvalue weighted by atomic mass is 32.2. The van der Waals surface area contributed by atoms with Crippen LogP contribution in [0.4, 0.5) is 0 Å². The van der Waals surface area contributed by atoms with Gasteiger partial charge in [-0.05, 0) is 25.5 Å². The number of aryl methyl sites for hydroxylation is 1. The Hall–Kier alpha value is -0.900. The van der Waals surface area contributed by atoms with Crippen molar-refractivity contribution >= 4 is 17.5 Å². The largest absolute Gasteiger partial charge is 0.294 e. The molecule has 3 nitrogen and oxygen atoms in total. The van der Waals surface area contributed by atoms with Gasteiger partial charge in [-0.2, -0.15) is 0 Å². The normalized spacial score (nSPS) is 19.4. The third-order valence-corrected chi connectivity index (χ3v) is 3.55. The van der Waals surface area contributed by atoms with E-state index in [1.165, 1.54) is 12.8 Å². The minimum atomic E-state index is 0.250. The van der Waals surface area contributed by atoms with Crippen molar-refractivity contribution in [2.75, 3.05) is 6.26 Å². The number of thioether (sulfide) groups is 1. The average molecular weight is 220 g/mol. The fraction of sp³-hybridized carbons (Fsp3) is 0.545. The molecule has 1 aromatic heterocycles. The molecule has 15 heavy (non-hydrogen) atoms. The topological polar surface area (TPSA) is 42.9 Å². The maximum atomic E-state index is 11.7. The van der Waals surface area contributed by atoms with Crippen molar-refractivity contribution in [3.05, 3.63) is 17.0 Å². The third kappa shape index (κ3) is 1.47. The quantitative estimate of drug-likeness (QED) is 0.566. The number of Topliss-reactive ketones (excluding diaryl/α,β-unsaturated/α-hetero) is 1. The van der Waals surface area contributed by atoms with E-state index in [0.717, 1.165) is 28.5 Å². The first kappa shape index (κ1) is 9.33. The maximum Gasteiger partial charge on any atom is 0.187 e. The number of aromatic nitrogens is 2. The van der Waals surface area contributed by atoms with Crippen LogP contribution in [-0.2, 0) is 6.42 Å². The van der Waals surface area contributed by atoms with Crippen molar-refractivity contribution in [2.45, 2.75) is 36.8 Å². The number of rotatable bonds is 2. The first-order valence-corrected chi connectivity index (χ1v) is 6.50. The highest BCUT2D eigenvalue weighted by Crippen LogP contribution is 2.43. The van der Waals surface area contributed by atoms with Gasteiger partial charge in [0.1, 0.15) is 0 Å². The zero-order valence-corrected chi connectivity index (χ0v) is 9.43. The van der Waals surface area contributed by atoms with Gasteiger partial charge in [0, 0.05) is 12.3 Å². The average Bonchev–Trinajstić information content (AvgIpc) is 3.03. The van der Waals surface area contributed by atoms with Crippen molar-refractivity contribution in [2.24, 2.45) is 0 Å². The number of hydrogen-bond acceptors (Lipinski definition) is 4. The van der Waals surface area contributed by atoms with E-state index < -0.39 is 0 Å². The molecule has 1 aromatic rings. The molecule has 0 spiro atoms. The van der Waals surface area contributed by atoms with Crippen LogP contribution in [0, 0.1) is 0 Å². The van der Waals surface area contributed by atoms with E-state index in [1.807, 2.05) is 6.26 Å². The summed E-state index contributed by atoms with van der Waals surface area (Å²) in [7, 11) is 0. The number of hydrogen-bond donors (Lipinski definition) is 0. The van der Waals surface area contributed by atoms with Crippen LogP contribution in [-0.4, -0.2) is 22.0 Å². The molecular formula is C11H12N2OS. The smallest absolute Gasteiger partial charge is 0.187 e. The second-order valence-electron chi connectivity index (χ2n) is 4.11. The number of carbonyl (C=O) groups is 1. The molecule has 0 radical (unpaired) electrons. The molecule has 0 aromatic carbocycles. The summed E-state index contributed by atoms with van der Waals surface area (Å²) in [6.07, 6.45) is 5.79. The van der Waals surface area contributed by atoms with Crippen LogP contribution < -0.4 is 0 Å². The summed E-state index contributed by atoms with van der Waals surface area (Å²) in [5, 5.41) is 0.824. The Morgan fingerprint density at radius 2 is 2.07 bits per heavy atom. The molecule has 0 aliphatic heterocycles. The molecule has 0 N–H and O–H groups in total. The Balaban J connectivity index is 2.17. The monoisotopic (exact) mass is 220 g/mol. The summed E-state index contributed by atoms with van der Waals surface area (Å²) in [6, 6.07) is 0. The number of ketones is 1. The molecule has 3 rings (SSSR count). The number of nitrogens with zero attached hydrogens (tertiary/aromatic N) is 2. The van der Waals surface area contributed by atoms with Crippen LogP contribution in [0.25, 0.3) is 0 Å². The van der Waals surface area contributed by atoms with Gasteiger partial charge in [0.2, 0.25) is 0 Å². The lowest BCUT2D eigenvalue weighted by Gasteiger charge is -2.06. The van der Waals surface area contributed by atoms with Crippen LogP contribution >= 0.6 is 11.8 Å². The maximum absolute atomic E-state index is 11.7. The third-order valence-electron chi connectivity index (χ3n) is 3.01. The Morgan fingerprint density at radius 1 is 1.27 bits per heavy atom. The molecule has 4 heteroatoms. The van der Waals surface area contributed by atoms with Gasteiger partial charge >= 0.3 is 0 Å². The number of fused-ring (bicyclic) bond motifs is 1. The van der Waals surface area contributed by atoms with Crippen LogP contribution in [0.2, 0.25) is 0 Å². The lowest BCUT2D eigenvalue weighted by molar-refractivity contribution is 0.0993. The SMILES string of the molecule is CSc1nc2c(c(C3CC3)n1)C(=O)CC2. The highest BCUT2D eigenvalue weighted by molar-refractivity contribution is 7.98. The zero-order chi connectivity index (χ0) is 10.4. The van der Waals surface area contributed by atoms with Crippen molar-refractivity contribution in [3.8, 4) is 0 Å². The van der Waals surface area contributed by atoms with E-state index in [0.29, 0.717) is 12.3 Å². The molecule has 2 aliphatic carbocycles. The van der Waals surface area contributed by atoms with E-state index in [4.69, 9.17) is 0 Å². The summed E-state index contributed by atoms with van der Waals surface area (Å²) >= 11 is 1.56. The zero-order valence-electron chi connectivity index (χ0n) is 8.62. The number of carbonyl (C=O) groups excluding carboxylic acids is 1. The molecule has 1 heterocycles. The summed E-state index contributed by atoms with van der Waals surface area (Å²) in [6.45, 7) is 0. The van der Waals surface area contributed by atoms with Gasteiger partial charge in [-0.3, -0.25) is 4.79 Å². The van der Waals surface area contributed by atoms with Gasteiger partial charge in [-0.15, -0.1) is 0 Å². The van der Waals surface area contributed by atoms with Crippen LogP contribution in [0.3, 0.4) is 0 Å². The lowest BCUT2D eigenvalue weighted by Crippen LogP contribution is -2.04. The van der Waals surface area contributed by atoms with Gasteiger partial charge in [-0.1, -0.05) is 11.8 Å². The van der Waals surface area contributed by atoms with Gasteiger partial charge in [0.25, 0.3) is 0 Å². The Bertz CT molecular complexity index is 440. The molecule has 2 aliphatic rings. The van der Waals surface area contributed by atoms with Crippen LogP contribution in [0.5, 0.6) is 0 Å². The van der Waals surface area contributed by atoms with Crippen molar-refractivity contribution in [3.63, 3.8) is 0 Å². The molecule has 0 unspecified atom stereocenters. The second kappa shape index (κ2) is 3.30. The molecule has 0 amide bonds. The summed E-state index contributed by atoms with van der Waals surface area (Å²) in [5.74, 6) is 0.786. The summed E-state index contributed by atoms with van der Waals surface area (Å²) in [4.78, 5) is 20.7. The summed E-state index contributed by atoms with van der Waals surface area (Å²) in [5.41, 5.74) is 2.88. The minimum Gasteiger partial charge on any atom is -0.294 e. The predicted octanol–water partition coefficient (Wildman–Crippen LogP) is 2.20. The minimum absolute atomic E-state index is 0.250. The van der Waals surface area contributed by atoms with E-state index in [1.54, 1.807) is 11.8 Å². The lowest BCUT2D eigenvalue weighted by atomic mass is 10.1. The Kier molecular flexibility index (Phi) is 2.06. The Labute approximate surface area is 92.7 Å². The van der Waals surface area contributed by atoms with Gasteiger partial charge in [0.05, 0.1) is 17.0 Å². The molecular weight excluding hydrogens is 208 g/mol. The van der Waals surface area contributed by atoms with Crippen molar-refractivity contribution in [1.82, 2.24) is 9.97 Å². The van der Waals surface area contributed by atoms with Gasteiger partial charge < -0.3 is 0 Å². The second-order valence-corrected chi connectivity index (χ2v) is 4.89. The first-order chi connectivity index (χ1) is 7.29. The Morgan fingerprint density at radius 3 is 2.73 bits per heavy atom. The fourth-order valence-electron chi connectivity index (χ4n) is 2.09. The molecule has 78 valence electrons. The summed E-state index contributed by atoms with van der Waals surface area (Å²) < 4.78 is 0.